The van der Waals surface area contributed by atoms with Crippen molar-refractivity contribution >= 4 is 6.09 Å². The van der Waals surface area contributed by atoms with E-state index < -0.39 is 0 Å². The van der Waals surface area contributed by atoms with Gasteiger partial charge in [-0.25, -0.2) is 4.79 Å². The highest BCUT2D eigenvalue weighted by Crippen LogP contribution is 2.44. The predicted octanol–water partition coefficient (Wildman–Crippen LogP) is 4.00. The van der Waals surface area contributed by atoms with Crippen LogP contribution in [0.15, 0.2) is 67.0 Å². The topological polar surface area (TPSA) is 72.9 Å². The second-order valence-corrected chi connectivity index (χ2v) is 8.55. The van der Waals surface area contributed by atoms with Crippen LogP contribution in [0, 0.1) is 0 Å². The van der Waals surface area contributed by atoms with E-state index in [2.05, 4.69) is 46.7 Å². The predicted molar refractivity (Wildman–Crippen MR) is 129 cm³/mol. The van der Waals surface area contributed by atoms with E-state index in [1.165, 1.54) is 22.3 Å². The quantitative estimate of drug-likeness (QED) is 0.539. The van der Waals surface area contributed by atoms with E-state index in [1.807, 2.05) is 24.4 Å². The van der Waals surface area contributed by atoms with Crippen LogP contribution in [0.4, 0.5) is 4.79 Å². The molecule has 7 nitrogen and oxygen atoms in total. The molecule has 176 valence electrons. The van der Waals surface area contributed by atoms with E-state index in [1.54, 1.807) is 18.2 Å². The van der Waals surface area contributed by atoms with Gasteiger partial charge in [-0.1, -0.05) is 48.5 Å². The molecular weight excluding hydrogens is 430 g/mol. The molecule has 0 saturated carbocycles. The van der Waals surface area contributed by atoms with Gasteiger partial charge in [0.15, 0.2) is 0 Å². The summed E-state index contributed by atoms with van der Waals surface area (Å²) >= 11 is 0. The molecule has 5 rings (SSSR count). The fourth-order valence-electron chi connectivity index (χ4n) is 4.77. The van der Waals surface area contributed by atoms with Gasteiger partial charge in [-0.05, 0) is 33.9 Å². The molecule has 0 spiro atoms. The van der Waals surface area contributed by atoms with E-state index in [9.17, 15) is 4.79 Å². The minimum atomic E-state index is -0.283. The molecule has 0 radical (unpaired) electrons. The Hall–Kier alpha value is -3.42. The molecule has 1 saturated heterocycles. The van der Waals surface area contributed by atoms with E-state index in [0.29, 0.717) is 45.2 Å². The number of rotatable bonds is 7. The third kappa shape index (κ3) is 4.62. The lowest BCUT2D eigenvalue weighted by molar-refractivity contribution is 0.0882. The van der Waals surface area contributed by atoms with Crippen molar-refractivity contribution in [2.75, 3.05) is 46.6 Å². The number of pyridine rings is 1. The zero-order valence-electron chi connectivity index (χ0n) is 19.3. The fourth-order valence-corrected chi connectivity index (χ4v) is 4.77. The monoisotopic (exact) mass is 459 g/mol. The molecule has 1 fully saturated rings. The van der Waals surface area contributed by atoms with Gasteiger partial charge >= 0.3 is 6.09 Å². The number of hydrogen-bond donors (Lipinski definition) is 1. The highest BCUT2D eigenvalue weighted by Gasteiger charge is 2.31. The second kappa shape index (κ2) is 10.2. The molecule has 2 aliphatic rings. The molecule has 3 aromatic rings. The summed E-state index contributed by atoms with van der Waals surface area (Å²) in [4.78, 5) is 19.1. The highest BCUT2D eigenvalue weighted by molar-refractivity contribution is 5.79. The zero-order chi connectivity index (χ0) is 23.3. The van der Waals surface area contributed by atoms with Crippen molar-refractivity contribution in [2.45, 2.75) is 12.0 Å². The lowest BCUT2D eigenvalue weighted by atomic mass is 9.98. The molecule has 1 aliphatic carbocycles. The van der Waals surface area contributed by atoms with Crippen molar-refractivity contribution in [2.24, 2.45) is 0 Å². The van der Waals surface area contributed by atoms with Crippen LogP contribution in [0.1, 0.15) is 28.7 Å². The SMILES string of the molecule is COCCOc1cncc(C2CN(C(=O)OCC3c4ccccc4-c4ccccc43)CCN2)c1. The smallest absolute Gasteiger partial charge is 0.409 e. The minimum Gasteiger partial charge on any atom is -0.490 e. The van der Waals surface area contributed by atoms with Gasteiger partial charge in [0, 0.05) is 38.9 Å². The number of benzene rings is 2. The number of carbonyl (C=O) groups excluding carboxylic acids is 1. The van der Waals surface area contributed by atoms with Crippen LogP contribution in [-0.4, -0.2) is 62.5 Å². The molecule has 1 unspecified atom stereocenters. The van der Waals surface area contributed by atoms with Crippen LogP contribution in [0.5, 0.6) is 5.75 Å². The maximum atomic E-state index is 13.0. The van der Waals surface area contributed by atoms with Crippen molar-refractivity contribution in [3.63, 3.8) is 0 Å². The number of nitrogens with one attached hydrogen (secondary N) is 1. The normalized spacial score (nSPS) is 17.2. The maximum absolute atomic E-state index is 13.0. The molecule has 1 aromatic heterocycles. The van der Waals surface area contributed by atoms with Gasteiger partial charge in [-0.2, -0.15) is 0 Å². The molecule has 1 aliphatic heterocycles. The van der Waals surface area contributed by atoms with Gasteiger partial charge in [0.05, 0.1) is 18.8 Å². The number of aromatic nitrogens is 1. The van der Waals surface area contributed by atoms with Gasteiger partial charge in [0.25, 0.3) is 0 Å². The summed E-state index contributed by atoms with van der Waals surface area (Å²) in [6.45, 7) is 3.10. The Balaban J connectivity index is 1.23. The van der Waals surface area contributed by atoms with E-state index >= 15 is 0 Å². The van der Waals surface area contributed by atoms with E-state index in [-0.39, 0.29) is 18.1 Å². The van der Waals surface area contributed by atoms with Crippen molar-refractivity contribution in [1.82, 2.24) is 15.2 Å². The van der Waals surface area contributed by atoms with Crippen LogP contribution in [0.25, 0.3) is 11.1 Å². The summed E-state index contributed by atoms with van der Waals surface area (Å²) in [5.74, 6) is 0.745. The molecular formula is C27H29N3O4. The Morgan fingerprint density at radius 2 is 1.79 bits per heavy atom. The first kappa shape index (κ1) is 22.4. The lowest BCUT2D eigenvalue weighted by Crippen LogP contribution is -2.48. The number of ether oxygens (including phenoxy) is 3. The van der Waals surface area contributed by atoms with E-state index in [0.717, 1.165) is 5.56 Å². The summed E-state index contributed by atoms with van der Waals surface area (Å²) in [5.41, 5.74) is 5.85. The Morgan fingerprint density at radius 1 is 1.06 bits per heavy atom. The lowest BCUT2D eigenvalue weighted by Gasteiger charge is -2.33. The van der Waals surface area contributed by atoms with Crippen molar-refractivity contribution in [1.29, 1.82) is 0 Å². The van der Waals surface area contributed by atoms with Gasteiger partial charge in [0.2, 0.25) is 0 Å². The molecule has 34 heavy (non-hydrogen) atoms. The summed E-state index contributed by atoms with van der Waals surface area (Å²) in [6, 6.07) is 18.6. The number of nitrogens with zero attached hydrogens (tertiary/aromatic N) is 2. The van der Waals surface area contributed by atoms with Crippen molar-refractivity contribution in [3.8, 4) is 16.9 Å². The molecule has 7 heteroatoms. The number of hydrogen-bond acceptors (Lipinski definition) is 6. The van der Waals surface area contributed by atoms with Crippen LogP contribution in [0.3, 0.4) is 0 Å². The van der Waals surface area contributed by atoms with Crippen LogP contribution in [-0.2, 0) is 9.47 Å². The number of amides is 1. The molecule has 2 heterocycles. The average Bonchev–Trinajstić information content (AvgIpc) is 3.21. The minimum absolute atomic E-state index is 0.0345. The van der Waals surface area contributed by atoms with E-state index in [4.69, 9.17) is 14.2 Å². The third-order valence-electron chi connectivity index (χ3n) is 6.46. The average molecular weight is 460 g/mol. The van der Waals surface area contributed by atoms with Gasteiger partial charge < -0.3 is 24.4 Å². The number of carbonyl (C=O) groups is 1. The summed E-state index contributed by atoms with van der Waals surface area (Å²) < 4.78 is 16.6. The fraction of sp³-hybridized carbons (Fsp3) is 0.333. The standard InChI is InChI=1S/C27H29N3O4/c1-32-12-13-33-20-14-19(15-28-16-20)26-17-30(11-10-29-26)27(31)34-18-25-23-8-4-2-6-21(23)22-7-3-5-9-24(22)25/h2-9,14-16,25-26,29H,10-13,17-18H2,1H3. The number of methoxy groups -OCH3 is 1. The highest BCUT2D eigenvalue weighted by atomic mass is 16.6. The molecule has 1 amide bonds. The Morgan fingerprint density at radius 3 is 2.53 bits per heavy atom. The van der Waals surface area contributed by atoms with Crippen molar-refractivity contribution < 1.29 is 19.0 Å². The van der Waals surface area contributed by atoms with Crippen LogP contribution >= 0.6 is 0 Å². The maximum Gasteiger partial charge on any atom is 0.409 e. The largest absolute Gasteiger partial charge is 0.490 e. The number of fused-ring (bicyclic) bond motifs is 3. The number of piperazine rings is 1. The first-order valence-electron chi connectivity index (χ1n) is 11.6. The van der Waals surface area contributed by atoms with Gasteiger partial charge in [-0.15, -0.1) is 0 Å². The Bertz CT molecular complexity index is 1110. The third-order valence-corrected chi connectivity index (χ3v) is 6.46. The van der Waals surface area contributed by atoms with Crippen molar-refractivity contribution in [3.05, 3.63) is 83.7 Å². The summed E-state index contributed by atoms with van der Waals surface area (Å²) in [6.07, 6.45) is 3.21. The second-order valence-electron chi connectivity index (χ2n) is 8.55. The van der Waals surface area contributed by atoms with Crippen LogP contribution in [0.2, 0.25) is 0 Å². The summed E-state index contributed by atoms with van der Waals surface area (Å²) in [5, 5.41) is 3.47. The Labute approximate surface area is 199 Å². The molecule has 2 aromatic carbocycles. The Kier molecular flexibility index (Phi) is 6.74. The summed E-state index contributed by atoms with van der Waals surface area (Å²) in [7, 11) is 1.64. The zero-order valence-corrected chi connectivity index (χ0v) is 19.3. The molecule has 1 N–H and O–H groups in total. The first-order valence-corrected chi connectivity index (χ1v) is 11.6. The molecule has 0 bridgehead atoms. The van der Waals surface area contributed by atoms with Gasteiger partial charge in [0.1, 0.15) is 19.0 Å². The first-order chi connectivity index (χ1) is 16.7. The molecule has 1 atom stereocenters. The van der Waals surface area contributed by atoms with Crippen LogP contribution < -0.4 is 10.1 Å². The van der Waals surface area contributed by atoms with Gasteiger partial charge in [-0.3, -0.25) is 4.98 Å².